The van der Waals surface area contributed by atoms with Crippen molar-refractivity contribution in [3.8, 4) is 0 Å². The molecule has 7 nitrogen and oxygen atoms in total. The number of carbonyl (C=O) groups excluding carboxylic acids is 1. The summed E-state index contributed by atoms with van der Waals surface area (Å²) >= 11 is 0. The SMILES string of the molecule is CC(C)(C)OC(=O)N1CCN(c2c(F)cccc2[N+](=O)[O-])CC1. The molecule has 1 heterocycles. The van der Waals surface area contributed by atoms with E-state index in [2.05, 4.69) is 0 Å². The Morgan fingerprint density at radius 2 is 1.87 bits per heavy atom. The van der Waals surface area contributed by atoms with E-state index >= 15 is 0 Å². The van der Waals surface area contributed by atoms with Crippen molar-refractivity contribution in [3.05, 3.63) is 34.1 Å². The lowest BCUT2D eigenvalue weighted by atomic mass is 10.2. The van der Waals surface area contributed by atoms with Crippen LogP contribution in [-0.2, 0) is 4.74 Å². The van der Waals surface area contributed by atoms with Gasteiger partial charge in [0.25, 0.3) is 5.69 Å². The first-order valence-electron chi connectivity index (χ1n) is 7.35. The molecule has 1 aliphatic heterocycles. The van der Waals surface area contributed by atoms with Crippen molar-refractivity contribution in [2.24, 2.45) is 0 Å². The Hall–Kier alpha value is -2.38. The molecule has 0 aliphatic carbocycles. The van der Waals surface area contributed by atoms with Gasteiger partial charge in [-0.1, -0.05) is 6.07 Å². The van der Waals surface area contributed by atoms with Crippen LogP contribution in [-0.4, -0.2) is 47.7 Å². The van der Waals surface area contributed by atoms with E-state index in [1.54, 1.807) is 25.7 Å². The van der Waals surface area contributed by atoms with Crippen LogP contribution >= 0.6 is 0 Å². The zero-order valence-corrected chi connectivity index (χ0v) is 13.4. The van der Waals surface area contributed by atoms with Gasteiger partial charge in [-0.05, 0) is 26.8 Å². The molecule has 0 N–H and O–H groups in total. The Labute approximate surface area is 133 Å². The number of hydrogen-bond donors (Lipinski definition) is 0. The third-order valence-corrected chi connectivity index (χ3v) is 3.41. The summed E-state index contributed by atoms with van der Waals surface area (Å²) in [6.07, 6.45) is -0.430. The number of nitro benzene ring substituents is 1. The topological polar surface area (TPSA) is 75.9 Å². The van der Waals surface area contributed by atoms with Crippen LogP contribution in [0.5, 0.6) is 0 Å². The lowest BCUT2D eigenvalue weighted by molar-refractivity contribution is -0.384. The summed E-state index contributed by atoms with van der Waals surface area (Å²) < 4.78 is 19.3. The number of nitrogens with zero attached hydrogens (tertiary/aromatic N) is 3. The molecule has 2 rings (SSSR count). The van der Waals surface area contributed by atoms with Crippen molar-refractivity contribution >= 4 is 17.5 Å². The highest BCUT2D eigenvalue weighted by molar-refractivity contribution is 5.69. The Balaban J connectivity index is 2.08. The molecule has 8 heteroatoms. The third-order valence-electron chi connectivity index (χ3n) is 3.41. The molecule has 23 heavy (non-hydrogen) atoms. The van der Waals surface area contributed by atoms with Gasteiger partial charge in [0.15, 0.2) is 11.5 Å². The van der Waals surface area contributed by atoms with Crippen LogP contribution in [0.2, 0.25) is 0 Å². The van der Waals surface area contributed by atoms with E-state index in [-0.39, 0.29) is 11.4 Å². The summed E-state index contributed by atoms with van der Waals surface area (Å²) in [5, 5.41) is 11.1. The van der Waals surface area contributed by atoms with Crippen LogP contribution in [0.25, 0.3) is 0 Å². The monoisotopic (exact) mass is 325 g/mol. The Kier molecular flexibility index (Phi) is 4.72. The minimum Gasteiger partial charge on any atom is -0.444 e. The molecule has 126 valence electrons. The second kappa shape index (κ2) is 6.39. The van der Waals surface area contributed by atoms with Crippen molar-refractivity contribution in [3.63, 3.8) is 0 Å². The highest BCUT2D eigenvalue weighted by atomic mass is 19.1. The van der Waals surface area contributed by atoms with Gasteiger partial charge in [0.05, 0.1) is 4.92 Å². The van der Waals surface area contributed by atoms with Crippen molar-refractivity contribution in [2.45, 2.75) is 26.4 Å². The molecule has 1 saturated heterocycles. The molecule has 0 saturated carbocycles. The van der Waals surface area contributed by atoms with Gasteiger partial charge >= 0.3 is 6.09 Å². The smallest absolute Gasteiger partial charge is 0.410 e. The van der Waals surface area contributed by atoms with E-state index in [1.807, 2.05) is 0 Å². The van der Waals surface area contributed by atoms with Crippen LogP contribution in [0.3, 0.4) is 0 Å². The van der Waals surface area contributed by atoms with Crippen molar-refractivity contribution in [2.75, 3.05) is 31.1 Å². The van der Waals surface area contributed by atoms with Crippen LogP contribution in [0.15, 0.2) is 18.2 Å². The lowest BCUT2D eigenvalue weighted by Crippen LogP contribution is -2.50. The zero-order chi connectivity index (χ0) is 17.2. The van der Waals surface area contributed by atoms with Crippen molar-refractivity contribution in [1.82, 2.24) is 4.90 Å². The molecular formula is C15H20FN3O4. The van der Waals surface area contributed by atoms with Gasteiger partial charge in [-0.25, -0.2) is 9.18 Å². The van der Waals surface area contributed by atoms with Gasteiger partial charge in [0.2, 0.25) is 0 Å². The quantitative estimate of drug-likeness (QED) is 0.617. The van der Waals surface area contributed by atoms with E-state index in [4.69, 9.17) is 4.74 Å². The number of carbonyl (C=O) groups is 1. The minimum absolute atomic E-state index is 0.0265. The number of rotatable bonds is 2. The first kappa shape index (κ1) is 17.0. The largest absolute Gasteiger partial charge is 0.444 e. The Morgan fingerprint density at radius 1 is 1.26 bits per heavy atom. The summed E-state index contributed by atoms with van der Waals surface area (Å²) in [5.41, 5.74) is -0.879. The van der Waals surface area contributed by atoms with Crippen LogP contribution in [0.1, 0.15) is 20.8 Å². The highest BCUT2D eigenvalue weighted by Gasteiger charge is 2.30. The molecule has 1 aliphatic rings. The molecule has 1 aromatic carbocycles. The molecule has 0 unspecified atom stereocenters. The van der Waals surface area contributed by atoms with E-state index in [1.165, 1.54) is 23.1 Å². The number of hydrogen-bond acceptors (Lipinski definition) is 5. The first-order chi connectivity index (χ1) is 10.7. The molecule has 0 radical (unpaired) electrons. The van der Waals surface area contributed by atoms with Crippen molar-refractivity contribution in [1.29, 1.82) is 0 Å². The normalized spacial score (nSPS) is 15.5. The van der Waals surface area contributed by atoms with Crippen LogP contribution < -0.4 is 4.90 Å². The fourth-order valence-electron chi connectivity index (χ4n) is 2.40. The van der Waals surface area contributed by atoms with E-state index in [0.29, 0.717) is 26.2 Å². The Morgan fingerprint density at radius 3 is 2.39 bits per heavy atom. The molecule has 0 aromatic heterocycles. The number of para-hydroxylation sites is 1. The third kappa shape index (κ3) is 4.08. The second-order valence-corrected chi connectivity index (χ2v) is 6.32. The van der Waals surface area contributed by atoms with Crippen LogP contribution in [0.4, 0.5) is 20.6 Å². The summed E-state index contributed by atoms with van der Waals surface area (Å²) in [5.74, 6) is -0.634. The molecule has 0 spiro atoms. The fourth-order valence-corrected chi connectivity index (χ4v) is 2.40. The molecule has 1 aromatic rings. The molecule has 0 bridgehead atoms. The van der Waals surface area contributed by atoms with Gasteiger partial charge in [-0.15, -0.1) is 0 Å². The predicted octanol–water partition coefficient (Wildman–Crippen LogP) is 2.79. The maximum Gasteiger partial charge on any atom is 0.410 e. The zero-order valence-electron chi connectivity index (χ0n) is 13.4. The number of benzene rings is 1. The lowest BCUT2D eigenvalue weighted by Gasteiger charge is -2.36. The summed E-state index contributed by atoms with van der Waals surface area (Å²) in [4.78, 5) is 25.6. The van der Waals surface area contributed by atoms with Gasteiger partial charge in [0.1, 0.15) is 5.60 Å². The number of piperazine rings is 1. The average Bonchev–Trinajstić information content (AvgIpc) is 2.45. The average molecular weight is 325 g/mol. The molecule has 1 amide bonds. The second-order valence-electron chi connectivity index (χ2n) is 6.32. The van der Waals surface area contributed by atoms with Crippen molar-refractivity contribution < 1.29 is 18.8 Å². The maximum absolute atomic E-state index is 14.0. The predicted molar refractivity (Wildman–Crippen MR) is 83.1 cm³/mol. The van der Waals surface area contributed by atoms with Gasteiger partial charge < -0.3 is 14.5 Å². The van der Waals surface area contributed by atoms with Gasteiger partial charge in [-0.3, -0.25) is 10.1 Å². The number of halogens is 1. The number of anilines is 1. The maximum atomic E-state index is 14.0. The van der Waals surface area contributed by atoms with E-state index in [0.717, 1.165) is 0 Å². The summed E-state index contributed by atoms with van der Waals surface area (Å²) in [6.45, 7) is 6.60. The molecule has 0 atom stereocenters. The Bertz CT molecular complexity index is 607. The highest BCUT2D eigenvalue weighted by Crippen LogP contribution is 2.31. The van der Waals surface area contributed by atoms with Crippen LogP contribution in [0, 0.1) is 15.9 Å². The minimum atomic E-state index is -0.634. The standard InChI is InChI=1S/C15H20FN3O4/c1-15(2,3)23-14(20)18-9-7-17(8-10-18)13-11(16)5-4-6-12(13)19(21)22/h4-6H,7-10H2,1-3H3. The molecule has 1 fully saturated rings. The number of amides is 1. The number of nitro groups is 1. The molecular weight excluding hydrogens is 305 g/mol. The summed E-state index contributed by atoms with van der Waals surface area (Å²) in [6, 6.07) is 3.79. The van der Waals surface area contributed by atoms with Gasteiger partial charge in [-0.2, -0.15) is 0 Å². The van der Waals surface area contributed by atoms with E-state index in [9.17, 15) is 19.3 Å². The first-order valence-corrected chi connectivity index (χ1v) is 7.35. The van der Waals surface area contributed by atoms with Gasteiger partial charge in [0, 0.05) is 32.2 Å². The number of ether oxygens (including phenoxy) is 1. The summed E-state index contributed by atoms with van der Waals surface area (Å²) in [7, 11) is 0. The van der Waals surface area contributed by atoms with E-state index < -0.39 is 22.4 Å². The fraction of sp³-hybridized carbons (Fsp3) is 0.533.